The van der Waals surface area contributed by atoms with Crippen LogP contribution in [0.1, 0.15) is 64.9 Å². The minimum atomic E-state index is -4.72. The van der Waals surface area contributed by atoms with Gasteiger partial charge in [0.05, 0.1) is 11.3 Å². The van der Waals surface area contributed by atoms with Gasteiger partial charge < -0.3 is 5.32 Å². The molecule has 0 aliphatic heterocycles. The number of rotatable bonds is 3. The maximum absolute atomic E-state index is 14.0. The predicted octanol–water partition coefficient (Wildman–Crippen LogP) is 7.06. The van der Waals surface area contributed by atoms with Crippen molar-refractivity contribution in [3.63, 3.8) is 0 Å². The fourth-order valence-corrected chi connectivity index (χ4v) is 6.13. The van der Waals surface area contributed by atoms with Crippen molar-refractivity contribution in [1.29, 1.82) is 5.26 Å². The number of fused-ring (bicyclic) bond motifs is 2. The number of nitrogens with one attached hydrogen (secondary N) is 1. The monoisotopic (exact) mass is 537 g/mol. The van der Waals surface area contributed by atoms with Crippen LogP contribution in [-0.2, 0) is 19.0 Å². The lowest BCUT2D eigenvalue weighted by atomic mass is 9.72. The van der Waals surface area contributed by atoms with Crippen LogP contribution in [0.25, 0.3) is 16.9 Å². The Hall–Kier alpha value is -3.71. The van der Waals surface area contributed by atoms with Crippen molar-refractivity contribution in [2.45, 2.75) is 53.1 Å². The van der Waals surface area contributed by atoms with Gasteiger partial charge in [0.2, 0.25) is 0 Å². The van der Waals surface area contributed by atoms with E-state index in [0.29, 0.717) is 26.6 Å². The number of nitriles is 1. The van der Waals surface area contributed by atoms with Crippen molar-refractivity contribution in [3.8, 4) is 17.3 Å². The van der Waals surface area contributed by atoms with Gasteiger partial charge in [0.1, 0.15) is 11.1 Å². The van der Waals surface area contributed by atoms with Gasteiger partial charge in [-0.15, -0.1) is 11.3 Å². The fraction of sp³-hybridized carbons (Fsp3) is 0.357. The van der Waals surface area contributed by atoms with E-state index in [0.717, 1.165) is 41.3 Å². The van der Waals surface area contributed by atoms with E-state index in [1.54, 1.807) is 24.3 Å². The van der Waals surface area contributed by atoms with E-state index >= 15 is 0 Å². The number of nitrogens with zero attached hydrogens (tertiary/aromatic N) is 4. The first-order valence-electron chi connectivity index (χ1n) is 12.3. The summed E-state index contributed by atoms with van der Waals surface area (Å²) in [5.74, 6) is -0.236. The van der Waals surface area contributed by atoms with Crippen LogP contribution in [0.15, 0.2) is 36.4 Å². The van der Waals surface area contributed by atoms with Gasteiger partial charge in [0.15, 0.2) is 17.0 Å². The molecule has 5 rings (SSSR count). The molecule has 1 aliphatic rings. The quantitative estimate of drug-likeness (QED) is 0.303. The number of carbonyl (C=O) groups excluding carboxylic acids is 1. The number of halogens is 3. The highest BCUT2D eigenvalue weighted by Gasteiger charge is 2.36. The van der Waals surface area contributed by atoms with E-state index in [1.807, 2.05) is 6.92 Å². The highest BCUT2D eigenvalue weighted by molar-refractivity contribution is 7.16. The summed E-state index contributed by atoms with van der Waals surface area (Å²) in [6.07, 6.45) is -2.19. The summed E-state index contributed by atoms with van der Waals surface area (Å²) in [7, 11) is 0. The standard InChI is InChI=1S/C28H26F3N5OS/c1-15-5-7-16(8-6-15)20-12-23(28(29,30)31)36-24(33-20)13-21(35-36)25(37)34-26-19(14-32)18-10-9-17(27(2,3)4)11-22(18)38-26/h5-8,12-13,17H,9-11H2,1-4H3,(H,34,37)/t17-/m0/s1. The van der Waals surface area contributed by atoms with E-state index < -0.39 is 17.8 Å². The molecule has 0 spiro atoms. The zero-order valence-electron chi connectivity index (χ0n) is 21.4. The summed E-state index contributed by atoms with van der Waals surface area (Å²) in [6.45, 7) is 8.47. The second-order valence-electron chi connectivity index (χ2n) is 10.8. The number of anilines is 1. The molecule has 1 atom stereocenters. The fourth-order valence-electron chi connectivity index (χ4n) is 4.86. The number of benzene rings is 1. The first kappa shape index (κ1) is 25.9. The minimum absolute atomic E-state index is 0.0976. The molecular formula is C28H26F3N5OS. The summed E-state index contributed by atoms with van der Waals surface area (Å²) in [4.78, 5) is 18.6. The van der Waals surface area contributed by atoms with Gasteiger partial charge in [0, 0.05) is 16.5 Å². The first-order chi connectivity index (χ1) is 17.8. The molecule has 38 heavy (non-hydrogen) atoms. The second-order valence-corrected chi connectivity index (χ2v) is 11.9. The molecule has 0 fully saturated rings. The van der Waals surface area contributed by atoms with Gasteiger partial charge in [-0.05, 0) is 49.1 Å². The average molecular weight is 538 g/mol. The first-order valence-corrected chi connectivity index (χ1v) is 13.1. The van der Waals surface area contributed by atoms with Crippen molar-refractivity contribution in [2.24, 2.45) is 11.3 Å². The van der Waals surface area contributed by atoms with Crippen LogP contribution in [0.2, 0.25) is 0 Å². The number of amides is 1. The van der Waals surface area contributed by atoms with Gasteiger partial charge in [0.25, 0.3) is 5.91 Å². The van der Waals surface area contributed by atoms with Gasteiger partial charge in [-0.2, -0.15) is 23.5 Å². The van der Waals surface area contributed by atoms with Crippen LogP contribution >= 0.6 is 11.3 Å². The van der Waals surface area contributed by atoms with Crippen LogP contribution in [0.5, 0.6) is 0 Å². The molecular weight excluding hydrogens is 511 g/mol. The smallest absolute Gasteiger partial charge is 0.311 e. The third-order valence-corrected chi connectivity index (χ3v) is 8.30. The number of hydrogen-bond acceptors (Lipinski definition) is 5. The van der Waals surface area contributed by atoms with Gasteiger partial charge in [-0.3, -0.25) is 4.79 Å². The lowest BCUT2D eigenvalue weighted by molar-refractivity contribution is -0.142. The number of thiophene rings is 1. The zero-order chi connectivity index (χ0) is 27.4. The Morgan fingerprint density at radius 1 is 1.18 bits per heavy atom. The third kappa shape index (κ3) is 4.78. The van der Waals surface area contributed by atoms with Crippen molar-refractivity contribution < 1.29 is 18.0 Å². The van der Waals surface area contributed by atoms with Crippen LogP contribution in [0.4, 0.5) is 18.2 Å². The Balaban J connectivity index is 1.50. The van der Waals surface area contributed by atoms with Gasteiger partial charge >= 0.3 is 6.18 Å². The molecule has 10 heteroatoms. The van der Waals surface area contributed by atoms with E-state index in [1.165, 1.54) is 17.4 Å². The largest absolute Gasteiger partial charge is 0.433 e. The van der Waals surface area contributed by atoms with E-state index in [-0.39, 0.29) is 22.5 Å². The Labute approximate surface area is 222 Å². The molecule has 0 unspecified atom stereocenters. The topological polar surface area (TPSA) is 83.1 Å². The maximum Gasteiger partial charge on any atom is 0.433 e. The number of alkyl halides is 3. The maximum atomic E-state index is 14.0. The van der Waals surface area contributed by atoms with E-state index in [2.05, 4.69) is 42.2 Å². The van der Waals surface area contributed by atoms with Crippen molar-refractivity contribution in [1.82, 2.24) is 14.6 Å². The Morgan fingerprint density at radius 3 is 2.53 bits per heavy atom. The van der Waals surface area contributed by atoms with Crippen LogP contribution in [0.3, 0.4) is 0 Å². The number of carbonyl (C=O) groups is 1. The number of aryl methyl sites for hydroxylation is 1. The van der Waals surface area contributed by atoms with Crippen molar-refractivity contribution in [2.75, 3.05) is 5.32 Å². The highest BCUT2D eigenvalue weighted by Crippen LogP contribution is 2.44. The molecule has 1 N–H and O–H groups in total. The molecule has 0 radical (unpaired) electrons. The van der Waals surface area contributed by atoms with Crippen LogP contribution in [0, 0.1) is 29.6 Å². The summed E-state index contributed by atoms with van der Waals surface area (Å²) >= 11 is 1.36. The molecule has 1 amide bonds. The molecule has 3 aromatic heterocycles. The highest BCUT2D eigenvalue weighted by atomic mass is 32.1. The summed E-state index contributed by atoms with van der Waals surface area (Å²) in [6, 6.07) is 11.4. The third-order valence-electron chi connectivity index (χ3n) is 7.13. The lowest BCUT2D eigenvalue weighted by Gasteiger charge is -2.33. The molecule has 3 heterocycles. The Bertz CT molecular complexity index is 1590. The normalized spacial score (nSPS) is 15.8. The molecule has 196 valence electrons. The van der Waals surface area contributed by atoms with E-state index in [9.17, 15) is 23.2 Å². The molecule has 1 aromatic carbocycles. The molecule has 0 saturated heterocycles. The Morgan fingerprint density at radius 2 is 1.89 bits per heavy atom. The van der Waals surface area contributed by atoms with Crippen LogP contribution < -0.4 is 5.32 Å². The zero-order valence-corrected chi connectivity index (χ0v) is 22.2. The van der Waals surface area contributed by atoms with E-state index in [4.69, 9.17) is 0 Å². The molecule has 6 nitrogen and oxygen atoms in total. The van der Waals surface area contributed by atoms with Gasteiger partial charge in [-0.1, -0.05) is 50.6 Å². The molecule has 0 bridgehead atoms. The summed E-state index contributed by atoms with van der Waals surface area (Å²) < 4.78 is 42.5. The number of hydrogen-bond donors (Lipinski definition) is 1. The van der Waals surface area contributed by atoms with Crippen molar-refractivity contribution in [3.05, 3.63) is 69.4 Å². The molecule has 4 aromatic rings. The minimum Gasteiger partial charge on any atom is -0.311 e. The lowest BCUT2D eigenvalue weighted by Crippen LogP contribution is -2.26. The molecule has 0 saturated carbocycles. The SMILES string of the molecule is Cc1ccc(-c2cc(C(F)(F)F)n3nc(C(=O)Nc4sc5c(c4C#N)CC[C@H](C(C)(C)C)C5)cc3n2)cc1. The Kier molecular flexibility index (Phi) is 6.30. The number of aromatic nitrogens is 3. The second kappa shape index (κ2) is 9.24. The van der Waals surface area contributed by atoms with Crippen LogP contribution in [-0.4, -0.2) is 20.5 Å². The van der Waals surface area contributed by atoms with Gasteiger partial charge in [-0.25, -0.2) is 9.50 Å². The predicted molar refractivity (Wildman–Crippen MR) is 140 cm³/mol. The van der Waals surface area contributed by atoms with Crippen molar-refractivity contribution >= 4 is 27.9 Å². The summed E-state index contributed by atoms with van der Waals surface area (Å²) in [5.41, 5.74) is 1.76. The molecule has 1 aliphatic carbocycles. The average Bonchev–Trinajstić information content (AvgIpc) is 3.43. The summed E-state index contributed by atoms with van der Waals surface area (Å²) in [5, 5.41) is 16.9.